The van der Waals surface area contributed by atoms with Crippen molar-refractivity contribution in [1.82, 2.24) is 0 Å². The number of carbonyl (C=O) groups excluding carboxylic acids is 1. The summed E-state index contributed by atoms with van der Waals surface area (Å²) in [6, 6.07) is 15.6. The highest BCUT2D eigenvalue weighted by Gasteiger charge is 2.14. The Morgan fingerprint density at radius 1 is 0.848 bits per heavy atom. The zero-order valence-corrected chi connectivity index (χ0v) is 19.4. The van der Waals surface area contributed by atoms with Gasteiger partial charge in [0, 0.05) is 11.4 Å². The third kappa shape index (κ3) is 7.02. The van der Waals surface area contributed by atoms with E-state index in [4.69, 9.17) is 0 Å². The van der Waals surface area contributed by atoms with Crippen LogP contribution in [0.1, 0.15) is 11.1 Å². The van der Waals surface area contributed by atoms with E-state index in [0.717, 1.165) is 30.5 Å². The Labute approximate surface area is 192 Å². The lowest BCUT2D eigenvalue weighted by Gasteiger charge is -2.12. The summed E-state index contributed by atoms with van der Waals surface area (Å²) < 4.78 is 65.5. The number of hydrogen-bond donors (Lipinski definition) is 3. The minimum absolute atomic E-state index is 0.0215. The first-order chi connectivity index (χ1) is 15.4. The molecule has 0 saturated carbocycles. The predicted octanol–water partition coefficient (Wildman–Crippen LogP) is 3.49. The molecule has 0 aliphatic heterocycles. The first kappa shape index (κ1) is 24.2. The molecule has 3 aromatic rings. The molecule has 0 aliphatic rings. The monoisotopic (exact) mass is 491 g/mol. The smallest absolute Gasteiger partial charge is 0.261 e. The lowest BCUT2D eigenvalue weighted by Crippen LogP contribution is -2.16. The standard InChI is InChI=1S/C22H22FN3O5S2/c1-15-3-8-19(14-21(15)26-32(2,28)29)24-22(27)13-16-4-9-18(10-5-16)25-33(30,31)20-11-6-17(23)7-12-20/h3-12,14,25-26H,13H2,1-2H3,(H,24,27). The van der Waals surface area contributed by atoms with E-state index in [0.29, 0.717) is 28.2 Å². The highest BCUT2D eigenvalue weighted by Crippen LogP contribution is 2.22. The molecule has 0 aliphatic carbocycles. The SMILES string of the molecule is Cc1ccc(NC(=O)Cc2ccc(NS(=O)(=O)c3ccc(F)cc3)cc2)cc1NS(C)(=O)=O. The van der Waals surface area contributed by atoms with E-state index in [1.807, 2.05) is 0 Å². The van der Waals surface area contributed by atoms with E-state index in [1.165, 1.54) is 18.2 Å². The molecule has 3 aromatic carbocycles. The molecule has 33 heavy (non-hydrogen) atoms. The van der Waals surface area contributed by atoms with Crippen LogP contribution < -0.4 is 14.8 Å². The van der Waals surface area contributed by atoms with Crippen LogP contribution in [0.25, 0.3) is 0 Å². The summed E-state index contributed by atoms with van der Waals surface area (Å²) in [4.78, 5) is 12.3. The zero-order chi connectivity index (χ0) is 24.2. The minimum Gasteiger partial charge on any atom is -0.326 e. The number of nitrogens with one attached hydrogen (secondary N) is 3. The molecule has 174 valence electrons. The third-order valence-corrected chi connectivity index (χ3v) is 6.50. The Morgan fingerprint density at radius 3 is 2.06 bits per heavy atom. The van der Waals surface area contributed by atoms with Crippen LogP contribution in [-0.4, -0.2) is 29.0 Å². The van der Waals surface area contributed by atoms with Gasteiger partial charge in [0.25, 0.3) is 10.0 Å². The van der Waals surface area contributed by atoms with Crippen molar-refractivity contribution in [3.8, 4) is 0 Å². The van der Waals surface area contributed by atoms with E-state index in [9.17, 15) is 26.0 Å². The molecule has 0 spiro atoms. The van der Waals surface area contributed by atoms with Crippen molar-refractivity contribution >= 4 is 43.0 Å². The van der Waals surface area contributed by atoms with Crippen LogP contribution >= 0.6 is 0 Å². The number of halogens is 1. The second-order valence-electron chi connectivity index (χ2n) is 7.39. The maximum Gasteiger partial charge on any atom is 0.261 e. The van der Waals surface area contributed by atoms with Crippen molar-refractivity contribution in [2.75, 3.05) is 21.0 Å². The first-order valence-electron chi connectivity index (χ1n) is 9.67. The third-order valence-electron chi connectivity index (χ3n) is 4.51. The molecule has 3 N–H and O–H groups in total. The second kappa shape index (κ2) is 9.59. The van der Waals surface area contributed by atoms with Crippen LogP contribution in [0.5, 0.6) is 0 Å². The molecule has 3 rings (SSSR count). The summed E-state index contributed by atoms with van der Waals surface area (Å²) in [7, 11) is -7.33. The van der Waals surface area contributed by atoms with Gasteiger partial charge in [0.1, 0.15) is 5.82 Å². The Kier molecular flexibility index (Phi) is 7.04. The summed E-state index contributed by atoms with van der Waals surface area (Å²) in [5, 5.41) is 2.71. The van der Waals surface area contributed by atoms with E-state index in [-0.39, 0.29) is 17.2 Å². The van der Waals surface area contributed by atoms with Crippen molar-refractivity contribution in [3.05, 3.63) is 83.7 Å². The fourth-order valence-electron chi connectivity index (χ4n) is 2.92. The van der Waals surface area contributed by atoms with Crippen LogP contribution in [0.2, 0.25) is 0 Å². The molecular weight excluding hydrogens is 469 g/mol. The molecule has 0 unspecified atom stereocenters. The van der Waals surface area contributed by atoms with Gasteiger partial charge in [-0.1, -0.05) is 18.2 Å². The first-order valence-corrected chi connectivity index (χ1v) is 13.0. The van der Waals surface area contributed by atoms with Crippen LogP contribution in [-0.2, 0) is 31.3 Å². The summed E-state index contributed by atoms with van der Waals surface area (Å²) in [6.07, 6.45) is 1.06. The normalized spacial score (nSPS) is 11.6. The minimum atomic E-state index is -3.87. The fraction of sp³-hybridized carbons (Fsp3) is 0.136. The van der Waals surface area contributed by atoms with Gasteiger partial charge in [-0.3, -0.25) is 14.2 Å². The van der Waals surface area contributed by atoms with Gasteiger partial charge < -0.3 is 5.32 Å². The summed E-state index contributed by atoms with van der Waals surface area (Å²) >= 11 is 0. The van der Waals surface area contributed by atoms with Gasteiger partial charge in [0.05, 0.1) is 23.3 Å². The summed E-state index contributed by atoms with van der Waals surface area (Å²) in [5.41, 5.74) is 2.43. The lowest BCUT2D eigenvalue weighted by atomic mass is 10.1. The van der Waals surface area contributed by atoms with E-state index < -0.39 is 25.9 Å². The number of carbonyl (C=O) groups is 1. The van der Waals surface area contributed by atoms with Gasteiger partial charge in [-0.25, -0.2) is 21.2 Å². The maximum absolute atomic E-state index is 13.0. The average molecular weight is 492 g/mol. The highest BCUT2D eigenvalue weighted by atomic mass is 32.2. The molecule has 0 aromatic heterocycles. The van der Waals surface area contributed by atoms with Crippen LogP contribution in [0.3, 0.4) is 0 Å². The summed E-state index contributed by atoms with van der Waals surface area (Å²) in [5.74, 6) is -0.867. The molecule has 1 amide bonds. The van der Waals surface area contributed by atoms with Crippen molar-refractivity contribution in [2.45, 2.75) is 18.2 Å². The molecule has 8 nitrogen and oxygen atoms in total. The van der Waals surface area contributed by atoms with E-state index >= 15 is 0 Å². The Hall–Kier alpha value is -3.44. The zero-order valence-electron chi connectivity index (χ0n) is 17.8. The molecule has 0 saturated heterocycles. The molecule has 0 fully saturated rings. The van der Waals surface area contributed by atoms with Gasteiger partial charge in [0.15, 0.2) is 0 Å². The van der Waals surface area contributed by atoms with Gasteiger partial charge in [-0.15, -0.1) is 0 Å². The number of hydrogen-bond acceptors (Lipinski definition) is 5. The van der Waals surface area contributed by atoms with E-state index in [1.54, 1.807) is 31.2 Å². The Morgan fingerprint density at radius 2 is 1.45 bits per heavy atom. The van der Waals surface area contributed by atoms with Crippen LogP contribution in [0.15, 0.2) is 71.6 Å². The Bertz CT molecular complexity index is 1370. The quantitative estimate of drug-likeness (QED) is 0.445. The van der Waals surface area contributed by atoms with Gasteiger partial charge in [-0.05, 0) is 66.6 Å². The number of sulfonamides is 2. The number of aryl methyl sites for hydroxylation is 1. The van der Waals surface area contributed by atoms with Crippen molar-refractivity contribution in [3.63, 3.8) is 0 Å². The summed E-state index contributed by atoms with van der Waals surface area (Å²) in [6.45, 7) is 1.74. The average Bonchev–Trinajstić information content (AvgIpc) is 2.71. The molecular formula is C22H22FN3O5S2. The number of rotatable bonds is 8. The maximum atomic E-state index is 13.0. The molecule has 0 atom stereocenters. The molecule has 11 heteroatoms. The molecule has 0 bridgehead atoms. The fourth-order valence-corrected chi connectivity index (χ4v) is 4.60. The number of benzene rings is 3. The van der Waals surface area contributed by atoms with Gasteiger partial charge in [-0.2, -0.15) is 0 Å². The molecule has 0 radical (unpaired) electrons. The lowest BCUT2D eigenvalue weighted by molar-refractivity contribution is -0.115. The van der Waals surface area contributed by atoms with Crippen molar-refractivity contribution < 1.29 is 26.0 Å². The second-order valence-corrected chi connectivity index (χ2v) is 10.8. The highest BCUT2D eigenvalue weighted by molar-refractivity contribution is 7.92. The van der Waals surface area contributed by atoms with Gasteiger partial charge in [0.2, 0.25) is 15.9 Å². The van der Waals surface area contributed by atoms with Crippen LogP contribution in [0, 0.1) is 12.7 Å². The molecule has 0 heterocycles. The van der Waals surface area contributed by atoms with E-state index in [2.05, 4.69) is 14.8 Å². The van der Waals surface area contributed by atoms with Crippen LogP contribution in [0.4, 0.5) is 21.5 Å². The largest absolute Gasteiger partial charge is 0.326 e. The number of anilines is 3. The van der Waals surface area contributed by atoms with Crippen molar-refractivity contribution in [1.29, 1.82) is 0 Å². The Balaban J connectivity index is 1.63. The topological polar surface area (TPSA) is 121 Å². The van der Waals surface area contributed by atoms with Crippen molar-refractivity contribution in [2.24, 2.45) is 0 Å². The number of amides is 1. The van der Waals surface area contributed by atoms with Gasteiger partial charge >= 0.3 is 0 Å². The predicted molar refractivity (Wildman–Crippen MR) is 126 cm³/mol.